The highest BCUT2D eigenvalue weighted by Crippen LogP contribution is 2.28. The summed E-state index contributed by atoms with van der Waals surface area (Å²) in [7, 11) is 0. The minimum absolute atomic E-state index is 0.448. The van der Waals surface area contributed by atoms with Crippen molar-refractivity contribution in [2.24, 2.45) is 5.10 Å². The SMILES string of the molecule is C=CCNC(=S)NN=Cc1ccc(OCCC)c(OCC)c1. The summed E-state index contributed by atoms with van der Waals surface area (Å²) in [6.45, 7) is 9.45. The normalized spacial score (nSPS) is 10.3. The molecule has 0 spiro atoms. The number of hydrogen-bond acceptors (Lipinski definition) is 4. The van der Waals surface area contributed by atoms with Crippen molar-refractivity contribution in [3.63, 3.8) is 0 Å². The van der Waals surface area contributed by atoms with Crippen molar-refractivity contribution in [1.82, 2.24) is 10.7 Å². The average molecular weight is 321 g/mol. The van der Waals surface area contributed by atoms with Gasteiger partial charge in [-0.2, -0.15) is 5.10 Å². The van der Waals surface area contributed by atoms with E-state index in [1.165, 1.54) is 0 Å². The van der Waals surface area contributed by atoms with Crippen molar-refractivity contribution in [3.05, 3.63) is 36.4 Å². The third kappa shape index (κ3) is 6.58. The summed E-state index contributed by atoms with van der Waals surface area (Å²) in [5, 5.41) is 7.45. The van der Waals surface area contributed by atoms with Crippen LogP contribution in [-0.4, -0.2) is 31.1 Å². The fraction of sp³-hybridized carbons (Fsp3) is 0.375. The summed E-state index contributed by atoms with van der Waals surface area (Å²) >= 11 is 5.04. The van der Waals surface area contributed by atoms with E-state index in [1.807, 2.05) is 25.1 Å². The van der Waals surface area contributed by atoms with Crippen LogP contribution in [0.25, 0.3) is 0 Å². The fourth-order valence-corrected chi connectivity index (χ4v) is 1.71. The first kappa shape index (κ1) is 18.0. The lowest BCUT2D eigenvalue weighted by Gasteiger charge is -2.11. The monoisotopic (exact) mass is 321 g/mol. The number of hydrazone groups is 1. The molecule has 0 unspecified atom stereocenters. The van der Waals surface area contributed by atoms with Crippen molar-refractivity contribution < 1.29 is 9.47 Å². The smallest absolute Gasteiger partial charge is 0.187 e. The van der Waals surface area contributed by atoms with E-state index in [2.05, 4.69) is 29.3 Å². The summed E-state index contributed by atoms with van der Waals surface area (Å²) in [4.78, 5) is 0. The molecule has 1 rings (SSSR count). The molecule has 22 heavy (non-hydrogen) atoms. The molecule has 5 nitrogen and oxygen atoms in total. The number of thiocarbonyl (C=S) groups is 1. The Kier molecular flexibility index (Phi) is 8.67. The van der Waals surface area contributed by atoms with Crippen LogP contribution in [0.2, 0.25) is 0 Å². The Morgan fingerprint density at radius 2 is 2.14 bits per heavy atom. The minimum Gasteiger partial charge on any atom is -0.490 e. The zero-order valence-electron chi connectivity index (χ0n) is 13.1. The van der Waals surface area contributed by atoms with E-state index in [4.69, 9.17) is 21.7 Å². The van der Waals surface area contributed by atoms with Crippen LogP contribution in [0.15, 0.2) is 36.0 Å². The van der Waals surface area contributed by atoms with Crippen LogP contribution < -0.4 is 20.2 Å². The van der Waals surface area contributed by atoms with E-state index >= 15 is 0 Å². The molecule has 0 heterocycles. The van der Waals surface area contributed by atoms with Gasteiger partial charge in [-0.05, 0) is 49.3 Å². The Labute approximate surface area is 137 Å². The largest absolute Gasteiger partial charge is 0.490 e. The first-order valence-corrected chi connectivity index (χ1v) is 7.69. The van der Waals surface area contributed by atoms with Gasteiger partial charge in [0.2, 0.25) is 0 Å². The van der Waals surface area contributed by atoms with Crippen LogP contribution in [0, 0.1) is 0 Å². The summed E-state index contributed by atoms with van der Waals surface area (Å²) in [6.07, 6.45) is 4.35. The molecule has 0 aliphatic carbocycles. The lowest BCUT2D eigenvalue weighted by molar-refractivity contribution is 0.277. The van der Waals surface area contributed by atoms with E-state index in [1.54, 1.807) is 12.3 Å². The maximum atomic E-state index is 5.66. The molecule has 1 aromatic rings. The van der Waals surface area contributed by atoms with Gasteiger partial charge in [0.1, 0.15) is 0 Å². The number of nitrogens with zero attached hydrogens (tertiary/aromatic N) is 1. The topological polar surface area (TPSA) is 54.9 Å². The Bertz CT molecular complexity index is 518. The van der Waals surface area contributed by atoms with Crippen LogP contribution in [0.5, 0.6) is 11.5 Å². The molecule has 0 radical (unpaired) electrons. The number of benzene rings is 1. The third-order valence-electron chi connectivity index (χ3n) is 2.52. The minimum atomic E-state index is 0.448. The molecule has 120 valence electrons. The zero-order chi connectivity index (χ0) is 16.2. The van der Waals surface area contributed by atoms with Gasteiger partial charge >= 0.3 is 0 Å². The molecule has 0 atom stereocenters. The maximum Gasteiger partial charge on any atom is 0.187 e. The van der Waals surface area contributed by atoms with E-state index in [9.17, 15) is 0 Å². The van der Waals surface area contributed by atoms with Crippen LogP contribution in [0.4, 0.5) is 0 Å². The van der Waals surface area contributed by atoms with Gasteiger partial charge < -0.3 is 14.8 Å². The second-order valence-corrected chi connectivity index (χ2v) is 4.76. The van der Waals surface area contributed by atoms with Crippen molar-refractivity contribution in [1.29, 1.82) is 0 Å². The molecule has 6 heteroatoms. The molecular formula is C16H23N3O2S. The molecule has 1 aromatic carbocycles. The quantitative estimate of drug-likeness (QED) is 0.317. The fourth-order valence-electron chi connectivity index (χ4n) is 1.57. The highest BCUT2D eigenvalue weighted by Gasteiger charge is 2.05. The van der Waals surface area contributed by atoms with E-state index in [0.29, 0.717) is 30.6 Å². The Balaban J connectivity index is 2.68. The van der Waals surface area contributed by atoms with Crippen LogP contribution in [0.3, 0.4) is 0 Å². The molecule has 0 fully saturated rings. The highest BCUT2D eigenvalue weighted by molar-refractivity contribution is 7.80. The van der Waals surface area contributed by atoms with Crippen LogP contribution in [0.1, 0.15) is 25.8 Å². The number of rotatable bonds is 9. The van der Waals surface area contributed by atoms with Gasteiger partial charge in [0.15, 0.2) is 16.6 Å². The molecule has 0 aromatic heterocycles. The second-order valence-electron chi connectivity index (χ2n) is 4.36. The van der Waals surface area contributed by atoms with Crippen LogP contribution >= 0.6 is 12.2 Å². The second kappa shape index (κ2) is 10.6. The van der Waals surface area contributed by atoms with E-state index < -0.39 is 0 Å². The Morgan fingerprint density at radius 1 is 1.32 bits per heavy atom. The maximum absolute atomic E-state index is 5.66. The molecule has 0 saturated carbocycles. The Hall–Kier alpha value is -2.08. The summed E-state index contributed by atoms with van der Waals surface area (Å²) in [6, 6.07) is 5.69. The number of nitrogens with one attached hydrogen (secondary N) is 2. The van der Waals surface area contributed by atoms with Crippen molar-refractivity contribution in [3.8, 4) is 11.5 Å². The summed E-state index contributed by atoms with van der Waals surface area (Å²) in [5.41, 5.74) is 3.63. The predicted molar refractivity (Wildman–Crippen MR) is 94.9 cm³/mol. The number of ether oxygens (including phenoxy) is 2. The molecule has 0 saturated heterocycles. The first-order chi connectivity index (χ1) is 10.7. The molecule has 0 aliphatic heterocycles. The molecule has 0 aliphatic rings. The van der Waals surface area contributed by atoms with Gasteiger partial charge in [-0.1, -0.05) is 13.0 Å². The van der Waals surface area contributed by atoms with Crippen LogP contribution in [-0.2, 0) is 0 Å². The molecule has 0 bridgehead atoms. The standard InChI is InChI=1S/C16H23N3O2S/c1-4-9-17-16(22)19-18-12-13-7-8-14(21-10-5-2)15(11-13)20-6-3/h4,7-8,11-12H,1,5-6,9-10H2,2-3H3,(H2,17,19,22). The van der Waals surface area contributed by atoms with Crippen molar-refractivity contribution in [2.75, 3.05) is 19.8 Å². The number of hydrogen-bond donors (Lipinski definition) is 2. The zero-order valence-corrected chi connectivity index (χ0v) is 13.9. The van der Waals surface area contributed by atoms with Crippen molar-refractivity contribution in [2.45, 2.75) is 20.3 Å². The summed E-state index contributed by atoms with van der Waals surface area (Å²) < 4.78 is 11.3. The van der Waals surface area contributed by atoms with Gasteiger partial charge in [0.05, 0.1) is 19.4 Å². The van der Waals surface area contributed by atoms with Gasteiger partial charge in [-0.25, -0.2) is 0 Å². The van der Waals surface area contributed by atoms with Gasteiger partial charge in [-0.3, -0.25) is 5.43 Å². The van der Waals surface area contributed by atoms with E-state index in [-0.39, 0.29) is 0 Å². The third-order valence-corrected chi connectivity index (χ3v) is 2.75. The van der Waals surface area contributed by atoms with Gasteiger partial charge in [0.25, 0.3) is 0 Å². The van der Waals surface area contributed by atoms with Gasteiger partial charge in [0, 0.05) is 6.54 Å². The van der Waals surface area contributed by atoms with Crippen molar-refractivity contribution >= 4 is 23.5 Å². The molecular weight excluding hydrogens is 298 g/mol. The lowest BCUT2D eigenvalue weighted by atomic mass is 10.2. The average Bonchev–Trinajstić information content (AvgIpc) is 2.52. The lowest BCUT2D eigenvalue weighted by Crippen LogP contribution is -2.31. The predicted octanol–water partition coefficient (Wildman–Crippen LogP) is 2.86. The highest BCUT2D eigenvalue weighted by atomic mass is 32.1. The molecule has 0 amide bonds. The van der Waals surface area contributed by atoms with Gasteiger partial charge in [-0.15, -0.1) is 6.58 Å². The Morgan fingerprint density at radius 3 is 2.82 bits per heavy atom. The molecule has 2 N–H and O–H groups in total. The van der Waals surface area contributed by atoms with E-state index in [0.717, 1.165) is 17.7 Å². The first-order valence-electron chi connectivity index (χ1n) is 7.28. The summed E-state index contributed by atoms with van der Waals surface area (Å²) in [5.74, 6) is 1.46.